The van der Waals surface area contributed by atoms with Crippen LogP contribution in [0.2, 0.25) is 0 Å². The highest BCUT2D eigenvalue weighted by Gasteiger charge is 2.24. The largest absolute Gasteiger partial charge is 0.394 e. The molecule has 0 aromatic carbocycles. The normalized spacial score (nSPS) is 25.8. The van der Waals surface area contributed by atoms with E-state index in [1.807, 2.05) is 0 Å². The predicted octanol–water partition coefficient (Wildman–Crippen LogP) is 2.13. The number of hydrogen-bond donors (Lipinski definition) is 2. The van der Waals surface area contributed by atoms with Gasteiger partial charge in [-0.3, -0.25) is 0 Å². The standard InChI is InChI=1S/C14H30N2O/c1-3-13-8-5-6-10-16(13)11-7-9-14(15,4-2)12-17/h13,17H,3-12,15H2,1-2H3. The van der Waals surface area contributed by atoms with Crippen LogP contribution in [-0.2, 0) is 0 Å². The highest BCUT2D eigenvalue weighted by molar-refractivity contribution is 4.83. The molecule has 0 radical (unpaired) electrons. The maximum Gasteiger partial charge on any atom is 0.0611 e. The molecule has 1 rings (SSSR count). The first-order chi connectivity index (χ1) is 8.15. The number of rotatable bonds is 7. The molecule has 0 aromatic rings. The van der Waals surface area contributed by atoms with Crippen molar-refractivity contribution in [3.05, 3.63) is 0 Å². The summed E-state index contributed by atoms with van der Waals surface area (Å²) in [5.74, 6) is 0. The zero-order chi connectivity index (χ0) is 12.7. The van der Waals surface area contributed by atoms with E-state index in [0.29, 0.717) is 0 Å². The van der Waals surface area contributed by atoms with E-state index in [-0.39, 0.29) is 12.1 Å². The molecule has 0 amide bonds. The zero-order valence-electron chi connectivity index (χ0n) is 11.6. The van der Waals surface area contributed by atoms with Gasteiger partial charge in [-0.05, 0) is 51.6 Å². The Morgan fingerprint density at radius 1 is 1.35 bits per heavy atom. The van der Waals surface area contributed by atoms with E-state index in [1.54, 1.807) is 0 Å². The van der Waals surface area contributed by atoms with Crippen molar-refractivity contribution in [3.63, 3.8) is 0 Å². The number of aliphatic hydroxyl groups is 1. The minimum atomic E-state index is -0.350. The number of piperidine rings is 1. The van der Waals surface area contributed by atoms with Crippen LogP contribution >= 0.6 is 0 Å². The van der Waals surface area contributed by atoms with Crippen LogP contribution in [0.1, 0.15) is 58.8 Å². The van der Waals surface area contributed by atoms with Crippen LogP contribution in [0.4, 0.5) is 0 Å². The number of aliphatic hydroxyl groups excluding tert-OH is 1. The summed E-state index contributed by atoms with van der Waals surface area (Å²) in [6, 6.07) is 0.784. The van der Waals surface area contributed by atoms with Crippen molar-refractivity contribution >= 4 is 0 Å². The van der Waals surface area contributed by atoms with Gasteiger partial charge in [0.05, 0.1) is 6.61 Å². The van der Waals surface area contributed by atoms with Gasteiger partial charge in [0.2, 0.25) is 0 Å². The van der Waals surface area contributed by atoms with Gasteiger partial charge in [0.25, 0.3) is 0 Å². The van der Waals surface area contributed by atoms with Gasteiger partial charge >= 0.3 is 0 Å². The van der Waals surface area contributed by atoms with Crippen LogP contribution in [0.15, 0.2) is 0 Å². The Morgan fingerprint density at radius 3 is 2.71 bits per heavy atom. The van der Waals surface area contributed by atoms with E-state index in [1.165, 1.54) is 32.2 Å². The quantitative estimate of drug-likeness (QED) is 0.719. The molecule has 0 bridgehead atoms. The molecule has 3 N–H and O–H groups in total. The molecule has 0 spiro atoms. The maximum absolute atomic E-state index is 9.28. The predicted molar refractivity (Wildman–Crippen MR) is 73.0 cm³/mol. The van der Waals surface area contributed by atoms with Gasteiger partial charge in [0.15, 0.2) is 0 Å². The third-order valence-electron chi connectivity index (χ3n) is 4.36. The van der Waals surface area contributed by atoms with Crippen molar-refractivity contribution in [2.45, 2.75) is 70.4 Å². The van der Waals surface area contributed by atoms with Gasteiger partial charge in [0, 0.05) is 11.6 Å². The van der Waals surface area contributed by atoms with E-state index < -0.39 is 0 Å². The van der Waals surface area contributed by atoms with Crippen molar-refractivity contribution in [2.75, 3.05) is 19.7 Å². The van der Waals surface area contributed by atoms with Crippen LogP contribution in [-0.4, -0.2) is 41.3 Å². The highest BCUT2D eigenvalue weighted by Crippen LogP contribution is 2.21. The van der Waals surface area contributed by atoms with E-state index in [4.69, 9.17) is 5.73 Å². The number of nitrogens with zero attached hydrogens (tertiary/aromatic N) is 1. The maximum atomic E-state index is 9.28. The summed E-state index contributed by atoms with van der Waals surface area (Å²) >= 11 is 0. The molecule has 102 valence electrons. The Morgan fingerprint density at radius 2 is 2.12 bits per heavy atom. The second-order valence-electron chi connectivity index (χ2n) is 5.57. The molecule has 17 heavy (non-hydrogen) atoms. The smallest absolute Gasteiger partial charge is 0.0611 e. The molecule has 1 aliphatic heterocycles. The molecule has 0 aliphatic carbocycles. The van der Waals surface area contributed by atoms with Gasteiger partial charge < -0.3 is 15.7 Å². The van der Waals surface area contributed by atoms with Crippen molar-refractivity contribution in [3.8, 4) is 0 Å². The Kier molecular flexibility index (Phi) is 6.45. The average molecular weight is 242 g/mol. The van der Waals surface area contributed by atoms with Crippen molar-refractivity contribution in [1.29, 1.82) is 0 Å². The first-order valence-electron chi connectivity index (χ1n) is 7.29. The monoisotopic (exact) mass is 242 g/mol. The van der Waals surface area contributed by atoms with Crippen LogP contribution in [0.3, 0.4) is 0 Å². The van der Waals surface area contributed by atoms with Crippen LogP contribution in [0, 0.1) is 0 Å². The number of nitrogens with two attached hydrogens (primary N) is 1. The molecule has 2 atom stereocenters. The fraction of sp³-hybridized carbons (Fsp3) is 1.00. The lowest BCUT2D eigenvalue weighted by Gasteiger charge is -2.36. The van der Waals surface area contributed by atoms with Gasteiger partial charge in [-0.15, -0.1) is 0 Å². The molecule has 1 fully saturated rings. The molecular weight excluding hydrogens is 212 g/mol. The number of likely N-dealkylation sites (tertiary alicyclic amines) is 1. The first-order valence-corrected chi connectivity index (χ1v) is 7.29. The van der Waals surface area contributed by atoms with Gasteiger partial charge in [-0.2, -0.15) is 0 Å². The summed E-state index contributed by atoms with van der Waals surface area (Å²) in [6.45, 7) is 6.86. The van der Waals surface area contributed by atoms with Crippen LogP contribution in [0.25, 0.3) is 0 Å². The summed E-state index contributed by atoms with van der Waals surface area (Å²) in [7, 11) is 0. The van der Waals surface area contributed by atoms with Crippen LogP contribution < -0.4 is 5.73 Å². The fourth-order valence-electron chi connectivity index (χ4n) is 2.82. The van der Waals surface area contributed by atoms with Gasteiger partial charge in [-0.25, -0.2) is 0 Å². The molecule has 0 aromatic heterocycles. The van der Waals surface area contributed by atoms with Crippen molar-refractivity contribution in [2.24, 2.45) is 5.73 Å². The Labute approximate surface area is 106 Å². The lowest BCUT2D eigenvalue weighted by atomic mass is 9.92. The molecule has 3 nitrogen and oxygen atoms in total. The van der Waals surface area contributed by atoms with Crippen LogP contribution in [0.5, 0.6) is 0 Å². The minimum Gasteiger partial charge on any atom is -0.394 e. The van der Waals surface area contributed by atoms with Crippen molar-refractivity contribution in [1.82, 2.24) is 4.90 Å². The van der Waals surface area contributed by atoms with Gasteiger partial charge in [0.1, 0.15) is 0 Å². The Hall–Kier alpha value is -0.120. The summed E-state index contributed by atoms with van der Waals surface area (Å²) in [5, 5.41) is 9.28. The first kappa shape index (κ1) is 14.9. The average Bonchev–Trinajstić information content (AvgIpc) is 2.39. The second-order valence-corrected chi connectivity index (χ2v) is 5.57. The second kappa shape index (κ2) is 7.34. The summed E-state index contributed by atoms with van der Waals surface area (Å²) in [6.07, 6.45) is 8.27. The molecule has 3 heteroatoms. The minimum absolute atomic E-state index is 0.112. The van der Waals surface area contributed by atoms with E-state index in [9.17, 15) is 5.11 Å². The third-order valence-corrected chi connectivity index (χ3v) is 4.36. The summed E-state index contributed by atoms with van der Waals surface area (Å²) in [4.78, 5) is 2.62. The third kappa shape index (κ3) is 4.57. The highest BCUT2D eigenvalue weighted by atomic mass is 16.3. The van der Waals surface area contributed by atoms with E-state index >= 15 is 0 Å². The molecule has 1 aliphatic rings. The lowest BCUT2D eigenvalue weighted by Crippen LogP contribution is -2.45. The molecule has 0 saturated carbocycles. The number of hydrogen-bond acceptors (Lipinski definition) is 3. The van der Waals surface area contributed by atoms with Gasteiger partial charge in [-0.1, -0.05) is 20.3 Å². The zero-order valence-corrected chi connectivity index (χ0v) is 11.6. The Balaban J connectivity index is 2.29. The topological polar surface area (TPSA) is 49.5 Å². The molecular formula is C14H30N2O. The summed E-state index contributed by atoms with van der Waals surface area (Å²) in [5.41, 5.74) is 5.76. The van der Waals surface area contributed by atoms with Crippen molar-refractivity contribution < 1.29 is 5.11 Å². The molecule has 2 unspecified atom stereocenters. The molecule has 1 heterocycles. The van der Waals surface area contributed by atoms with E-state index in [0.717, 1.165) is 31.8 Å². The Bertz CT molecular complexity index is 204. The van der Waals surface area contributed by atoms with E-state index in [2.05, 4.69) is 18.7 Å². The summed E-state index contributed by atoms with van der Waals surface area (Å²) < 4.78 is 0. The fourth-order valence-corrected chi connectivity index (χ4v) is 2.82. The molecule has 1 saturated heterocycles. The lowest BCUT2D eigenvalue weighted by molar-refractivity contribution is 0.128. The SMILES string of the molecule is CCC1CCCCN1CCCC(N)(CC)CO.